The quantitative estimate of drug-likeness (QED) is 0.587. The molecule has 0 nitrogen and oxygen atoms in total. The standard InChI is InChI=1S/C16H22/c1-9-8-10(2)14-12(4)13(5)16(6,7)15(14)11(9)3/h8H,1-7H3. The minimum absolute atomic E-state index is 0.209. The zero-order chi connectivity index (χ0) is 12.2. The highest BCUT2D eigenvalue weighted by molar-refractivity contribution is 5.81. The van der Waals surface area contributed by atoms with Crippen molar-refractivity contribution in [2.45, 2.75) is 53.9 Å². The smallest absolute Gasteiger partial charge is 0.0117 e. The Balaban J connectivity index is 2.90. The molecule has 0 heterocycles. The summed E-state index contributed by atoms with van der Waals surface area (Å²) in [5.41, 5.74) is 10.6. The van der Waals surface area contributed by atoms with E-state index in [0.717, 1.165) is 0 Å². The van der Waals surface area contributed by atoms with Gasteiger partial charge in [0.1, 0.15) is 0 Å². The Bertz CT molecular complexity index is 499. The van der Waals surface area contributed by atoms with Gasteiger partial charge in [-0.3, -0.25) is 0 Å². The Kier molecular flexibility index (Phi) is 2.31. The molecule has 0 fully saturated rings. The average Bonchev–Trinajstić information content (AvgIpc) is 2.36. The lowest BCUT2D eigenvalue weighted by Gasteiger charge is -2.26. The molecule has 0 amide bonds. The van der Waals surface area contributed by atoms with Gasteiger partial charge in [0, 0.05) is 5.41 Å². The number of allylic oxidation sites excluding steroid dienone is 2. The zero-order valence-corrected chi connectivity index (χ0v) is 11.6. The van der Waals surface area contributed by atoms with Crippen LogP contribution in [0.3, 0.4) is 0 Å². The molecule has 0 atom stereocenters. The van der Waals surface area contributed by atoms with Gasteiger partial charge in [-0.1, -0.05) is 25.5 Å². The third-order valence-electron chi connectivity index (χ3n) is 4.54. The molecule has 1 aliphatic carbocycles. The summed E-state index contributed by atoms with van der Waals surface area (Å²) in [5.74, 6) is 0. The Labute approximate surface area is 99.4 Å². The first-order chi connectivity index (χ1) is 7.28. The molecule has 0 bridgehead atoms. The molecule has 1 aromatic carbocycles. The first-order valence-electron chi connectivity index (χ1n) is 6.08. The first kappa shape index (κ1) is 11.4. The van der Waals surface area contributed by atoms with Crippen molar-refractivity contribution < 1.29 is 0 Å². The minimum Gasteiger partial charge on any atom is -0.0597 e. The second-order valence-electron chi connectivity index (χ2n) is 5.76. The van der Waals surface area contributed by atoms with Crippen LogP contribution in [0.2, 0.25) is 0 Å². The van der Waals surface area contributed by atoms with Gasteiger partial charge >= 0.3 is 0 Å². The Hall–Kier alpha value is -1.04. The van der Waals surface area contributed by atoms with Gasteiger partial charge in [0.15, 0.2) is 0 Å². The summed E-state index contributed by atoms with van der Waals surface area (Å²) in [6.07, 6.45) is 0. The molecule has 0 heteroatoms. The number of rotatable bonds is 0. The normalized spacial score (nSPS) is 17.9. The number of hydrogen-bond donors (Lipinski definition) is 0. The molecule has 1 aromatic rings. The van der Waals surface area contributed by atoms with Crippen LogP contribution in [0.15, 0.2) is 11.6 Å². The van der Waals surface area contributed by atoms with Crippen molar-refractivity contribution >= 4 is 5.57 Å². The summed E-state index contributed by atoms with van der Waals surface area (Å²) in [4.78, 5) is 0. The van der Waals surface area contributed by atoms with E-state index in [2.05, 4.69) is 54.5 Å². The average molecular weight is 214 g/mol. The van der Waals surface area contributed by atoms with Crippen LogP contribution in [0.25, 0.3) is 5.57 Å². The highest BCUT2D eigenvalue weighted by atomic mass is 14.4. The van der Waals surface area contributed by atoms with Crippen molar-refractivity contribution in [3.8, 4) is 0 Å². The second-order valence-corrected chi connectivity index (χ2v) is 5.76. The summed E-state index contributed by atoms with van der Waals surface area (Å²) in [7, 11) is 0. The Morgan fingerprint density at radius 2 is 1.44 bits per heavy atom. The first-order valence-corrected chi connectivity index (χ1v) is 6.08. The summed E-state index contributed by atoms with van der Waals surface area (Å²) in [6.45, 7) is 16.0. The number of fused-ring (bicyclic) bond motifs is 1. The molecule has 0 spiro atoms. The van der Waals surface area contributed by atoms with Gasteiger partial charge in [-0.2, -0.15) is 0 Å². The van der Waals surface area contributed by atoms with Crippen LogP contribution in [0.4, 0.5) is 0 Å². The molecule has 0 N–H and O–H groups in total. The van der Waals surface area contributed by atoms with Gasteiger partial charge in [-0.05, 0) is 68.0 Å². The third kappa shape index (κ3) is 1.22. The van der Waals surface area contributed by atoms with E-state index in [1.165, 1.54) is 33.4 Å². The van der Waals surface area contributed by atoms with E-state index in [4.69, 9.17) is 0 Å². The van der Waals surface area contributed by atoms with E-state index in [9.17, 15) is 0 Å². The molecule has 0 aromatic heterocycles. The van der Waals surface area contributed by atoms with E-state index < -0.39 is 0 Å². The molecule has 0 saturated carbocycles. The fourth-order valence-electron chi connectivity index (χ4n) is 3.20. The van der Waals surface area contributed by atoms with Crippen LogP contribution in [0.5, 0.6) is 0 Å². The van der Waals surface area contributed by atoms with Crippen molar-refractivity contribution in [3.63, 3.8) is 0 Å². The Morgan fingerprint density at radius 1 is 0.875 bits per heavy atom. The van der Waals surface area contributed by atoms with Crippen molar-refractivity contribution in [3.05, 3.63) is 39.5 Å². The number of benzene rings is 1. The monoisotopic (exact) mass is 214 g/mol. The summed E-state index contributed by atoms with van der Waals surface area (Å²) in [6, 6.07) is 2.33. The minimum atomic E-state index is 0.209. The lowest BCUT2D eigenvalue weighted by Crippen LogP contribution is -2.17. The number of hydrogen-bond acceptors (Lipinski definition) is 0. The molecule has 0 radical (unpaired) electrons. The molecule has 2 rings (SSSR count). The topological polar surface area (TPSA) is 0 Å². The van der Waals surface area contributed by atoms with E-state index in [1.807, 2.05) is 0 Å². The number of aryl methyl sites for hydroxylation is 2. The van der Waals surface area contributed by atoms with Crippen LogP contribution < -0.4 is 0 Å². The van der Waals surface area contributed by atoms with Crippen molar-refractivity contribution in [1.82, 2.24) is 0 Å². The van der Waals surface area contributed by atoms with Crippen LogP contribution in [-0.4, -0.2) is 0 Å². The maximum Gasteiger partial charge on any atom is 0.0117 e. The molecule has 86 valence electrons. The highest BCUT2D eigenvalue weighted by Gasteiger charge is 2.36. The van der Waals surface area contributed by atoms with Crippen LogP contribution >= 0.6 is 0 Å². The molecular formula is C16H22. The maximum absolute atomic E-state index is 2.35. The van der Waals surface area contributed by atoms with Gasteiger partial charge < -0.3 is 0 Å². The molecule has 16 heavy (non-hydrogen) atoms. The predicted molar refractivity (Wildman–Crippen MR) is 71.9 cm³/mol. The molecule has 0 saturated heterocycles. The summed E-state index contributed by atoms with van der Waals surface area (Å²) >= 11 is 0. The lowest BCUT2D eigenvalue weighted by atomic mass is 9.78. The van der Waals surface area contributed by atoms with Gasteiger partial charge in [0.2, 0.25) is 0 Å². The van der Waals surface area contributed by atoms with Gasteiger partial charge in [0.05, 0.1) is 0 Å². The van der Waals surface area contributed by atoms with Gasteiger partial charge in [-0.25, -0.2) is 0 Å². The highest BCUT2D eigenvalue weighted by Crippen LogP contribution is 2.48. The SMILES string of the molecule is CC1=C(C)C(C)(C)c2c(C)c(C)cc(C)c21. The van der Waals surface area contributed by atoms with Crippen molar-refractivity contribution in [2.75, 3.05) is 0 Å². The van der Waals surface area contributed by atoms with Gasteiger partial charge in [0.25, 0.3) is 0 Å². The summed E-state index contributed by atoms with van der Waals surface area (Å²) in [5, 5.41) is 0. The fourth-order valence-corrected chi connectivity index (χ4v) is 3.20. The molecular weight excluding hydrogens is 192 g/mol. The van der Waals surface area contributed by atoms with Gasteiger partial charge in [-0.15, -0.1) is 0 Å². The van der Waals surface area contributed by atoms with E-state index in [-0.39, 0.29) is 5.41 Å². The van der Waals surface area contributed by atoms with Crippen LogP contribution in [0, 0.1) is 20.8 Å². The van der Waals surface area contributed by atoms with Crippen LogP contribution in [0.1, 0.15) is 55.5 Å². The zero-order valence-electron chi connectivity index (χ0n) is 11.6. The Morgan fingerprint density at radius 3 is 2.00 bits per heavy atom. The second kappa shape index (κ2) is 3.23. The van der Waals surface area contributed by atoms with E-state index in [0.29, 0.717) is 0 Å². The maximum atomic E-state index is 2.35. The molecule has 0 aliphatic heterocycles. The summed E-state index contributed by atoms with van der Waals surface area (Å²) < 4.78 is 0. The van der Waals surface area contributed by atoms with Crippen LogP contribution in [-0.2, 0) is 5.41 Å². The van der Waals surface area contributed by atoms with E-state index in [1.54, 1.807) is 5.56 Å². The third-order valence-corrected chi connectivity index (χ3v) is 4.54. The van der Waals surface area contributed by atoms with Crippen molar-refractivity contribution in [1.29, 1.82) is 0 Å². The molecule has 0 unspecified atom stereocenters. The molecule has 1 aliphatic rings. The fraction of sp³-hybridized carbons (Fsp3) is 0.500. The lowest BCUT2D eigenvalue weighted by molar-refractivity contribution is 0.633. The largest absolute Gasteiger partial charge is 0.0597 e. The predicted octanol–water partition coefficient (Wildman–Crippen LogP) is 4.70. The van der Waals surface area contributed by atoms with Crippen molar-refractivity contribution in [2.24, 2.45) is 0 Å². The van der Waals surface area contributed by atoms with E-state index >= 15 is 0 Å².